The van der Waals surface area contributed by atoms with Gasteiger partial charge in [0, 0.05) is 6.07 Å². The number of carboxylic acids is 1. The number of anilines is 1. The van der Waals surface area contributed by atoms with Crippen molar-refractivity contribution >= 4 is 23.6 Å². The van der Waals surface area contributed by atoms with Crippen LogP contribution in [0.4, 0.5) is 5.82 Å². The number of fused-ring (bicyclic) bond motifs is 5. The molecule has 2 fully saturated rings. The highest BCUT2D eigenvalue weighted by Crippen LogP contribution is 2.52. The predicted octanol–water partition coefficient (Wildman–Crippen LogP) is 0.419. The van der Waals surface area contributed by atoms with Gasteiger partial charge in [-0.15, -0.1) is 0 Å². The first kappa shape index (κ1) is 11.4. The van der Waals surface area contributed by atoms with Crippen LogP contribution < -0.4 is 4.90 Å². The number of nitrogens with zero attached hydrogens (tertiary/aromatic N) is 2. The van der Waals surface area contributed by atoms with Crippen molar-refractivity contribution in [2.45, 2.75) is 6.42 Å². The maximum atomic E-state index is 12.4. The molecule has 2 amide bonds. The SMILES string of the molecule is O=C(O)c1cc(N2C(=O)C3C4C=CC(C4)C3C2=O)n[nH]1. The molecule has 2 N–H and O–H groups in total. The van der Waals surface area contributed by atoms with Crippen LogP contribution in [0, 0.1) is 23.7 Å². The number of carboxylic acid groups (broad SMARTS) is 1. The van der Waals surface area contributed by atoms with Gasteiger partial charge in [0.1, 0.15) is 5.69 Å². The van der Waals surface area contributed by atoms with Crippen LogP contribution >= 0.6 is 0 Å². The Morgan fingerprint density at radius 1 is 1.25 bits per heavy atom. The van der Waals surface area contributed by atoms with Crippen molar-refractivity contribution in [3.63, 3.8) is 0 Å². The predicted molar refractivity (Wildman–Crippen MR) is 65.8 cm³/mol. The molecule has 0 spiro atoms. The second-order valence-electron chi connectivity index (χ2n) is 5.46. The lowest BCUT2D eigenvalue weighted by atomic mass is 9.85. The van der Waals surface area contributed by atoms with E-state index in [2.05, 4.69) is 10.2 Å². The van der Waals surface area contributed by atoms with Crippen LogP contribution in [0.25, 0.3) is 0 Å². The van der Waals surface area contributed by atoms with Crippen LogP contribution in [0.2, 0.25) is 0 Å². The van der Waals surface area contributed by atoms with Gasteiger partial charge in [0.25, 0.3) is 0 Å². The van der Waals surface area contributed by atoms with E-state index in [4.69, 9.17) is 5.11 Å². The summed E-state index contributed by atoms with van der Waals surface area (Å²) in [5, 5.41) is 15.0. The number of aromatic nitrogens is 2. The number of H-pyrrole nitrogens is 1. The van der Waals surface area contributed by atoms with Crippen molar-refractivity contribution in [3.8, 4) is 0 Å². The third-order valence-electron chi connectivity index (χ3n) is 4.49. The van der Waals surface area contributed by atoms with E-state index in [1.54, 1.807) is 0 Å². The summed E-state index contributed by atoms with van der Waals surface area (Å²) >= 11 is 0. The van der Waals surface area contributed by atoms with Crippen molar-refractivity contribution in [2.24, 2.45) is 23.7 Å². The van der Waals surface area contributed by atoms with Gasteiger partial charge < -0.3 is 5.11 Å². The molecule has 7 heteroatoms. The average molecular weight is 273 g/mol. The number of imide groups is 1. The van der Waals surface area contributed by atoms with Gasteiger partial charge in [-0.05, 0) is 18.3 Å². The van der Waals surface area contributed by atoms with Crippen molar-refractivity contribution in [2.75, 3.05) is 4.90 Å². The normalized spacial score (nSPS) is 34.1. The number of amides is 2. The Labute approximate surface area is 113 Å². The Bertz CT molecular complexity index is 647. The monoisotopic (exact) mass is 273 g/mol. The van der Waals surface area contributed by atoms with E-state index in [0.717, 1.165) is 11.3 Å². The minimum absolute atomic E-state index is 0.0752. The molecular weight excluding hydrogens is 262 g/mol. The largest absolute Gasteiger partial charge is 0.477 e. The third-order valence-corrected chi connectivity index (χ3v) is 4.49. The smallest absolute Gasteiger partial charge is 0.353 e. The highest BCUT2D eigenvalue weighted by Gasteiger charge is 2.60. The fourth-order valence-electron chi connectivity index (χ4n) is 3.66. The molecule has 4 atom stereocenters. The minimum atomic E-state index is -1.18. The summed E-state index contributed by atoms with van der Waals surface area (Å²) in [6.07, 6.45) is 4.88. The van der Waals surface area contributed by atoms with Crippen molar-refractivity contribution in [1.29, 1.82) is 0 Å². The number of nitrogens with one attached hydrogen (secondary N) is 1. The number of aromatic amines is 1. The highest BCUT2D eigenvalue weighted by atomic mass is 16.4. The van der Waals surface area contributed by atoms with E-state index < -0.39 is 5.97 Å². The minimum Gasteiger partial charge on any atom is -0.477 e. The molecule has 0 radical (unpaired) electrons. The lowest BCUT2D eigenvalue weighted by Crippen LogP contribution is -2.33. The third kappa shape index (κ3) is 1.24. The fraction of sp³-hybridized carbons (Fsp3) is 0.385. The van der Waals surface area contributed by atoms with Crippen LogP contribution in [-0.2, 0) is 9.59 Å². The Hall–Kier alpha value is -2.44. The maximum Gasteiger partial charge on any atom is 0.353 e. The van der Waals surface area contributed by atoms with Crippen LogP contribution in [0.1, 0.15) is 16.9 Å². The molecule has 1 aliphatic heterocycles. The van der Waals surface area contributed by atoms with Gasteiger partial charge in [-0.2, -0.15) is 5.10 Å². The molecule has 2 aliphatic carbocycles. The molecule has 4 rings (SSSR count). The van der Waals surface area contributed by atoms with E-state index in [1.807, 2.05) is 12.2 Å². The van der Waals surface area contributed by atoms with Gasteiger partial charge in [-0.25, -0.2) is 9.69 Å². The summed E-state index contributed by atoms with van der Waals surface area (Å²) in [6.45, 7) is 0. The summed E-state index contributed by atoms with van der Waals surface area (Å²) in [7, 11) is 0. The molecule has 2 bridgehead atoms. The Balaban J connectivity index is 1.72. The Morgan fingerprint density at radius 2 is 1.85 bits per heavy atom. The molecular formula is C13H11N3O4. The van der Waals surface area contributed by atoms with Crippen molar-refractivity contribution in [1.82, 2.24) is 10.2 Å². The van der Waals surface area contributed by atoms with Crippen molar-refractivity contribution < 1.29 is 19.5 Å². The molecule has 3 aliphatic rings. The molecule has 1 saturated heterocycles. The number of hydrogen-bond acceptors (Lipinski definition) is 4. The average Bonchev–Trinajstić information content (AvgIpc) is 3.13. The Kier molecular flexibility index (Phi) is 2.03. The second kappa shape index (κ2) is 3.56. The first-order valence-electron chi connectivity index (χ1n) is 6.43. The summed E-state index contributed by atoms with van der Waals surface area (Å²) in [4.78, 5) is 36.7. The first-order chi connectivity index (χ1) is 9.58. The van der Waals surface area contributed by atoms with Gasteiger partial charge in [-0.3, -0.25) is 14.7 Å². The number of hydrogen-bond donors (Lipinski definition) is 2. The molecule has 2 heterocycles. The Morgan fingerprint density at radius 3 is 2.35 bits per heavy atom. The molecule has 102 valence electrons. The van der Waals surface area contributed by atoms with E-state index >= 15 is 0 Å². The standard InChI is InChI=1S/C13H11N3O4/c17-11-9-5-1-2-6(3-5)10(9)12(18)16(11)8-4-7(13(19)20)14-15-8/h1-2,4-6,9-10H,3H2,(H,14,15)(H,19,20). The fourth-order valence-corrected chi connectivity index (χ4v) is 3.66. The summed E-state index contributed by atoms with van der Waals surface area (Å²) in [5.41, 5.74) is -0.140. The maximum absolute atomic E-state index is 12.4. The zero-order valence-corrected chi connectivity index (χ0v) is 10.3. The van der Waals surface area contributed by atoms with Crippen LogP contribution in [0.5, 0.6) is 0 Å². The molecule has 4 unspecified atom stereocenters. The molecule has 7 nitrogen and oxygen atoms in total. The topological polar surface area (TPSA) is 103 Å². The first-order valence-corrected chi connectivity index (χ1v) is 6.43. The molecule has 1 saturated carbocycles. The molecule has 20 heavy (non-hydrogen) atoms. The number of carbonyl (C=O) groups is 3. The number of carbonyl (C=O) groups excluding carboxylic acids is 2. The number of allylic oxidation sites excluding steroid dienone is 2. The van der Waals surface area contributed by atoms with E-state index in [9.17, 15) is 14.4 Å². The highest BCUT2D eigenvalue weighted by molar-refractivity contribution is 6.22. The summed E-state index contributed by atoms with van der Waals surface area (Å²) < 4.78 is 0. The van der Waals surface area contributed by atoms with E-state index in [0.29, 0.717) is 0 Å². The van der Waals surface area contributed by atoms with E-state index in [-0.39, 0.29) is 47.0 Å². The van der Waals surface area contributed by atoms with E-state index in [1.165, 1.54) is 6.07 Å². The molecule has 1 aromatic rings. The van der Waals surface area contributed by atoms with Crippen LogP contribution in [0.15, 0.2) is 18.2 Å². The molecule has 1 aromatic heterocycles. The summed E-state index contributed by atoms with van der Waals surface area (Å²) in [5.74, 6) is -1.98. The second-order valence-corrected chi connectivity index (χ2v) is 5.46. The van der Waals surface area contributed by atoms with Crippen molar-refractivity contribution in [3.05, 3.63) is 23.9 Å². The van der Waals surface area contributed by atoms with Crippen LogP contribution in [-0.4, -0.2) is 33.1 Å². The zero-order valence-electron chi connectivity index (χ0n) is 10.3. The lowest BCUT2D eigenvalue weighted by Gasteiger charge is -2.14. The zero-order chi connectivity index (χ0) is 14.0. The quantitative estimate of drug-likeness (QED) is 0.600. The van der Waals surface area contributed by atoms with Gasteiger partial charge in [0.2, 0.25) is 11.8 Å². The van der Waals surface area contributed by atoms with Gasteiger partial charge in [0.15, 0.2) is 5.82 Å². The van der Waals surface area contributed by atoms with Gasteiger partial charge in [0.05, 0.1) is 11.8 Å². The van der Waals surface area contributed by atoms with Gasteiger partial charge in [-0.1, -0.05) is 12.2 Å². The van der Waals surface area contributed by atoms with Gasteiger partial charge >= 0.3 is 5.97 Å². The van der Waals surface area contributed by atoms with Crippen LogP contribution in [0.3, 0.4) is 0 Å². The summed E-state index contributed by atoms with van der Waals surface area (Å²) in [6, 6.07) is 1.22. The lowest BCUT2D eigenvalue weighted by molar-refractivity contribution is -0.123. The number of aromatic carboxylic acids is 1. The molecule has 0 aromatic carbocycles. The number of rotatable bonds is 2.